The van der Waals surface area contributed by atoms with Crippen molar-refractivity contribution in [3.8, 4) is 0 Å². The maximum absolute atomic E-state index is 13.0. The highest BCUT2D eigenvalue weighted by molar-refractivity contribution is 6.31. The number of fused-ring (bicyclic) bond motifs is 1. The number of hydrogen-bond donors (Lipinski definition) is 3. The van der Waals surface area contributed by atoms with Crippen LogP contribution in [0.5, 0.6) is 0 Å². The summed E-state index contributed by atoms with van der Waals surface area (Å²) in [5, 5.41) is 7.35. The predicted molar refractivity (Wildman–Crippen MR) is 110 cm³/mol. The Morgan fingerprint density at radius 1 is 1.10 bits per heavy atom. The van der Waals surface area contributed by atoms with Gasteiger partial charge in [-0.1, -0.05) is 29.8 Å². The molecule has 2 aromatic rings. The van der Waals surface area contributed by atoms with Gasteiger partial charge in [-0.15, -0.1) is 0 Å². The lowest BCUT2D eigenvalue weighted by Crippen LogP contribution is -2.52. The quantitative estimate of drug-likeness (QED) is 0.630. The number of urea groups is 1. The van der Waals surface area contributed by atoms with Gasteiger partial charge < -0.3 is 10.2 Å². The van der Waals surface area contributed by atoms with E-state index in [0.717, 1.165) is 0 Å². The molecule has 0 radical (unpaired) electrons. The van der Waals surface area contributed by atoms with Gasteiger partial charge in [-0.05, 0) is 36.2 Å². The summed E-state index contributed by atoms with van der Waals surface area (Å²) in [5.74, 6) is -2.17. The predicted octanol–water partition coefficient (Wildman–Crippen LogP) is 2.06. The monoisotopic (exact) mass is 440 g/mol. The highest BCUT2D eigenvalue weighted by Crippen LogP contribution is 2.29. The summed E-state index contributed by atoms with van der Waals surface area (Å²) in [5.41, 5.74) is 1.13. The van der Waals surface area contributed by atoms with E-state index in [4.69, 9.17) is 11.6 Å². The van der Waals surface area contributed by atoms with Gasteiger partial charge in [0, 0.05) is 23.7 Å². The maximum Gasteiger partial charge on any atom is 0.326 e. The lowest BCUT2D eigenvalue weighted by Gasteiger charge is -2.29. The zero-order chi connectivity index (χ0) is 22.1. The largest absolute Gasteiger partial charge is 0.326 e. The number of hydrogen-bond acceptors (Lipinski definition) is 5. The number of rotatable bonds is 3. The van der Waals surface area contributed by atoms with Crippen LogP contribution in [-0.4, -0.2) is 40.6 Å². The molecule has 0 aliphatic carbocycles. The van der Waals surface area contributed by atoms with Crippen molar-refractivity contribution >= 4 is 46.9 Å². The molecular weight excluding hydrogens is 424 g/mol. The molecule has 2 aromatic carbocycles. The van der Waals surface area contributed by atoms with Gasteiger partial charge in [0.2, 0.25) is 11.8 Å². The fourth-order valence-corrected chi connectivity index (χ4v) is 3.89. The summed E-state index contributed by atoms with van der Waals surface area (Å²) >= 11 is 5.88. The number of imide groups is 2. The molecule has 4 rings (SSSR count). The Bertz CT molecular complexity index is 1130. The zero-order valence-electron chi connectivity index (χ0n) is 16.1. The molecule has 0 aromatic heterocycles. The van der Waals surface area contributed by atoms with E-state index in [0.29, 0.717) is 16.3 Å². The minimum absolute atomic E-state index is 0.0264. The number of nitrogens with zero attached hydrogens (tertiary/aromatic N) is 1. The van der Waals surface area contributed by atoms with Crippen LogP contribution in [0.1, 0.15) is 39.1 Å². The Balaban J connectivity index is 1.51. The second-order valence-electron chi connectivity index (χ2n) is 7.16. The number of benzene rings is 2. The normalized spacial score (nSPS) is 17.8. The van der Waals surface area contributed by atoms with E-state index in [1.807, 2.05) is 0 Å². The molecule has 31 heavy (non-hydrogen) atoms. The molecule has 1 atom stereocenters. The van der Waals surface area contributed by atoms with Gasteiger partial charge in [0.1, 0.15) is 6.04 Å². The third-order valence-corrected chi connectivity index (χ3v) is 5.34. The molecule has 2 heterocycles. The van der Waals surface area contributed by atoms with Crippen molar-refractivity contribution in [1.82, 2.24) is 15.5 Å². The van der Waals surface area contributed by atoms with Gasteiger partial charge >= 0.3 is 6.03 Å². The summed E-state index contributed by atoms with van der Waals surface area (Å²) in [6.07, 6.45) is 0.349. The lowest BCUT2D eigenvalue weighted by molar-refractivity contribution is -0.136. The van der Waals surface area contributed by atoms with E-state index in [1.54, 1.807) is 30.3 Å². The summed E-state index contributed by atoms with van der Waals surface area (Å²) < 4.78 is 0. The summed E-state index contributed by atoms with van der Waals surface area (Å²) in [6.45, 7) is 0.135. The molecule has 1 unspecified atom stereocenters. The Hall–Kier alpha value is -3.72. The third-order valence-electron chi connectivity index (χ3n) is 5.11. The average Bonchev–Trinajstić information content (AvgIpc) is 3.04. The van der Waals surface area contributed by atoms with Crippen LogP contribution in [0.2, 0.25) is 5.02 Å². The maximum atomic E-state index is 13.0. The second kappa shape index (κ2) is 8.19. The van der Waals surface area contributed by atoms with Crippen LogP contribution in [0.3, 0.4) is 0 Å². The molecule has 158 valence electrons. The first kappa shape index (κ1) is 20.5. The Morgan fingerprint density at radius 3 is 2.61 bits per heavy atom. The molecule has 6 amide bonds. The Labute approximate surface area is 181 Å². The highest BCUT2D eigenvalue weighted by atomic mass is 35.5. The summed E-state index contributed by atoms with van der Waals surface area (Å²) in [4.78, 5) is 62.9. The van der Waals surface area contributed by atoms with Gasteiger partial charge in [-0.25, -0.2) is 4.79 Å². The van der Waals surface area contributed by atoms with Crippen LogP contribution < -0.4 is 16.0 Å². The molecule has 0 bridgehead atoms. The highest BCUT2D eigenvalue weighted by Gasteiger charge is 2.40. The van der Waals surface area contributed by atoms with Crippen molar-refractivity contribution in [3.63, 3.8) is 0 Å². The average molecular weight is 441 g/mol. The molecule has 3 N–H and O–H groups in total. The zero-order valence-corrected chi connectivity index (χ0v) is 16.9. The number of halogens is 1. The van der Waals surface area contributed by atoms with E-state index >= 15 is 0 Å². The number of anilines is 1. The number of carbonyl (C=O) groups excluding carboxylic acids is 5. The van der Waals surface area contributed by atoms with Crippen molar-refractivity contribution in [3.05, 3.63) is 64.2 Å². The van der Waals surface area contributed by atoms with Gasteiger partial charge in [0.15, 0.2) is 0 Å². The van der Waals surface area contributed by atoms with Crippen LogP contribution >= 0.6 is 11.6 Å². The molecule has 2 aliphatic heterocycles. The Morgan fingerprint density at radius 2 is 1.87 bits per heavy atom. The van der Waals surface area contributed by atoms with E-state index < -0.39 is 29.8 Å². The molecule has 9 nitrogen and oxygen atoms in total. The van der Waals surface area contributed by atoms with Gasteiger partial charge in [-0.3, -0.25) is 29.8 Å². The number of piperidine rings is 1. The fraction of sp³-hybridized carbons (Fsp3) is 0.190. The van der Waals surface area contributed by atoms with Crippen LogP contribution in [0.4, 0.5) is 10.5 Å². The van der Waals surface area contributed by atoms with Gasteiger partial charge in [0.25, 0.3) is 11.8 Å². The first-order valence-corrected chi connectivity index (χ1v) is 9.86. The molecule has 2 aliphatic rings. The standard InChI is InChI=1S/C21H17ClN4O5/c22-12-4-2-5-13(9-12)23-21(31)25-18(28)14-6-1-3-11-10-26(20(30)17(11)14)15-7-8-16(27)24-19(15)29/h1-6,9,15H,7-8,10H2,(H,24,27,29)(H2,23,25,28,31). The van der Waals surface area contributed by atoms with E-state index in [1.165, 1.54) is 17.0 Å². The van der Waals surface area contributed by atoms with Crippen LogP contribution in [-0.2, 0) is 16.1 Å². The number of amides is 6. The molecule has 0 spiro atoms. The lowest BCUT2D eigenvalue weighted by atomic mass is 10.0. The smallest absolute Gasteiger partial charge is 0.322 e. The first-order chi connectivity index (χ1) is 14.8. The second-order valence-corrected chi connectivity index (χ2v) is 7.59. The van der Waals surface area contributed by atoms with E-state index in [9.17, 15) is 24.0 Å². The summed E-state index contributed by atoms with van der Waals surface area (Å²) in [7, 11) is 0. The third kappa shape index (κ3) is 4.13. The minimum Gasteiger partial charge on any atom is -0.322 e. The number of nitrogens with one attached hydrogen (secondary N) is 3. The molecule has 1 fully saturated rings. The van der Waals surface area contributed by atoms with E-state index in [2.05, 4.69) is 16.0 Å². The van der Waals surface area contributed by atoms with Crippen LogP contribution in [0, 0.1) is 0 Å². The summed E-state index contributed by atoms with van der Waals surface area (Å²) in [6, 6.07) is 9.56. The van der Waals surface area contributed by atoms with Gasteiger partial charge in [0.05, 0.1) is 11.1 Å². The topological polar surface area (TPSA) is 125 Å². The van der Waals surface area contributed by atoms with Crippen molar-refractivity contribution in [2.45, 2.75) is 25.4 Å². The SMILES string of the molecule is O=C1CCC(N2Cc3cccc(C(=O)NC(=O)Nc4cccc(Cl)c4)c3C2=O)C(=O)N1. The first-order valence-electron chi connectivity index (χ1n) is 9.48. The van der Waals surface area contributed by atoms with Crippen molar-refractivity contribution in [1.29, 1.82) is 0 Å². The molecule has 0 saturated carbocycles. The fourth-order valence-electron chi connectivity index (χ4n) is 3.70. The molecule has 10 heteroatoms. The molecule has 1 saturated heterocycles. The van der Waals surface area contributed by atoms with Crippen molar-refractivity contribution in [2.75, 3.05) is 5.32 Å². The van der Waals surface area contributed by atoms with Crippen molar-refractivity contribution < 1.29 is 24.0 Å². The van der Waals surface area contributed by atoms with Gasteiger partial charge in [-0.2, -0.15) is 0 Å². The van der Waals surface area contributed by atoms with Crippen LogP contribution in [0.15, 0.2) is 42.5 Å². The minimum atomic E-state index is -0.792. The van der Waals surface area contributed by atoms with Crippen molar-refractivity contribution in [2.24, 2.45) is 0 Å². The number of carbonyl (C=O) groups is 5. The van der Waals surface area contributed by atoms with E-state index in [-0.39, 0.29) is 36.4 Å². The Kier molecular flexibility index (Phi) is 5.43. The molecular formula is C21H17ClN4O5. The van der Waals surface area contributed by atoms with Crippen LogP contribution in [0.25, 0.3) is 0 Å².